The van der Waals surface area contributed by atoms with Gasteiger partial charge in [-0.1, -0.05) is 44.2 Å². The second-order valence-corrected chi connectivity index (χ2v) is 9.32. The lowest BCUT2D eigenvalue weighted by atomic mass is 10.0. The van der Waals surface area contributed by atoms with E-state index in [2.05, 4.69) is 19.9 Å². The minimum absolute atomic E-state index is 0.0817. The fourth-order valence-corrected chi connectivity index (χ4v) is 4.56. The molecule has 0 aliphatic carbocycles. The summed E-state index contributed by atoms with van der Waals surface area (Å²) in [5.74, 6) is -0.0616. The van der Waals surface area contributed by atoms with Crippen LogP contribution in [0.15, 0.2) is 64.5 Å². The monoisotopic (exact) mass is 428 g/mol. The van der Waals surface area contributed by atoms with Gasteiger partial charge in [-0.25, -0.2) is 8.42 Å². The second kappa shape index (κ2) is 9.30. The molecule has 0 unspecified atom stereocenters. The highest BCUT2D eigenvalue weighted by Crippen LogP contribution is 2.23. The largest absolute Gasteiger partial charge is 0.375 e. The molecule has 2 N–H and O–H groups in total. The Morgan fingerprint density at radius 2 is 1.77 bits per heavy atom. The SMILES string of the molecule is CC(C)[C@H](N=C1NS(=O)(=O)c2ccccc21)C(=O)NCCCN(C)c1ccccc1. The van der Waals surface area contributed by atoms with Gasteiger partial charge in [-0.15, -0.1) is 0 Å². The number of amidine groups is 1. The van der Waals surface area contributed by atoms with Crippen LogP contribution in [0.4, 0.5) is 5.69 Å². The van der Waals surface area contributed by atoms with Crippen molar-refractivity contribution in [3.8, 4) is 0 Å². The number of anilines is 1. The molecule has 1 aliphatic heterocycles. The second-order valence-electron chi connectivity index (χ2n) is 7.67. The van der Waals surface area contributed by atoms with Gasteiger partial charge in [-0.05, 0) is 36.6 Å². The molecule has 1 heterocycles. The minimum atomic E-state index is -3.63. The van der Waals surface area contributed by atoms with E-state index in [4.69, 9.17) is 0 Å². The Morgan fingerprint density at radius 3 is 2.47 bits per heavy atom. The highest BCUT2D eigenvalue weighted by atomic mass is 32.2. The smallest absolute Gasteiger partial charge is 0.263 e. The zero-order chi connectivity index (χ0) is 21.7. The molecule has 1 aliphatic rings. The maximum absolute atomic E-state index is 12.8. The lowest BCUT2D eigenvalue weighted by Crippen LogP contribution is -2.39. The molecular weight excluding hydrogens is 400 g/mol. The summed E-state index contributed by atoms with van der Waals surface area (Å²) in [5.41, 5.74) is 1.63. The maximum Gasteiger partial charge on any atom is 0.263 e. The number of nitrogens with one attached hydrogen (secondary N) is 2. The highest BCUT2D eigenvalue weighted by molar-refractivity contribution is 7.90. The standard InChI is InChI=1S/C22H28N4O3S/c1-16(2)20(24-21-18-12-7-8-13-19(18)30(28,29)25-21)22(27)23-14-9-15-26(3)17-10-5-4-6-11-17/h4-8,10-13,16,20H,9,14-15H2,1-3H3,(H,23,27)(H,24,25)/t20-/m0/s1. The van der Waals surface area contributed by atoms with Crippen LogP contribution in [0.2, 0.25) is 0 Å². The molecule has 160 valence electrons. The molecule has 7 nitrogen and oxygen atoms in total. The zero-order valence-electron chi connectivity index (χ0n) is 17.5. The summed E-state index contributed by atoms with van der Waals surface area (Å²) in [7, 11) is -1.61. The molecule has 0 fully saturated rings. The van der Waals surface area contributed by atoms with Crippen LogP contribution in [0.25, 0.3) is 0 Å². The number of carbonyl (C=O) groups excluding carboxylic acids is 1. The van der Waals surface area contributed by atoms with Crippen LogP contribution in [-0.2, 0) is 14.8 Å². The number of aliphatic imine (C=N–C) groups is 1. The summed E-state index contributed by atoms with van der Waals surface area (Å²) in [4.78, 5) is 19.6. The van der Waals surface area contributed by atoms with Crippen molar-refractivity contribution >= 4 is 27.5 Å². The number of fused-ring (bicyclic) bond motifs is 1. The zero-order valence-corrected chi connectivity index (χ0v) is 18.3. The number of rotatable bonds is 8. The number of amides is 1. The van der Waals surface area contributed by atoms with Crippen molar-refractivity contribution in [2.45, 2.75) is 31.2 Å². The Kier molecular flexibility index (Phi) is 6.77. The Hall–Kier alpha value is -2.87. The number of sulfonamides is 1. The topological polar surface area (TPSA) is 90.9 Å². The molecule has 1 atom stereocenters. The Labute approximate surface area is 178 Å². The molecule has 3 rings (SSSR count). The fraction of sp³-hybridized carbons (Fsp3) is 0.364. The average molecular weight is 429 g/mol. The highest BCUT2D eigenvalue weighted by Gasteiger charge is 2.32. The molecule has 8 heteroatoms. The van der Waals surface area contributed by atoms with Gasteiger partial charge >= 0.3 is 0 Å². The van der Waals surface area contributed by atoms with E-state index in [0.717, 1.165) is 18.7 Å². The van der Waals surface area contributed by atoms with Crippen molar-refractivity contribution in [1.82, 2.24) is 10.0 Å². The van der Waals surface area contributed by atoms with E-state index in [-0.39, 0.29) is 22.6 Å². The normalized spacial score (nSPS) is 16.7. The number of hydrogen-bond donors (Lipinski definition) is 2. The predicted molar refractivity (Wildman–Crippen MR) is 119 cm³/mol. The first-order valence-corrected chi connectivity index (χ1v) is 11.5. The summed E-state index contributed by atoms with van der Waals surface area (Å²) in [6.07, 6.45) is 0.786. The van der Waals surface area contributed by atoms with Crippen molar-refractivity contribution in [2.75, 3.05) is 25.0 Å². The molecule has 0 radical (unpaired) electrons. The average Bonchev–Trinajstić information content (AvgIpc) is 3.00. The number of carbonyl (C=O) groups is 1. The van der Waals surface area contributed by atoms with E-state index < -0.39 is 16.1 Å². The third-order valence-electron chi connectivity index (χ3n) is 5.00. The van der Waals surface area contributed by atoms with Crippen LogP contribution in [0.3, 0.4) is 0 Å². The van der Waals surface area contributed by atoms with Crippen molar-refractivity contribution < 1.29 is 13.2 Å². The van der Waals surface area contributed by atoms with Crippen molar-refractivity contribution in [2.24, 2.45) is 10.9 Å². The van der Waals surface area contributed by atoms with Gasteiger partial charge in [0.15, 0.2) is 0 Å². The predicted octanol–water partition coefficient (Wildman–Crippen LogP) is 2.39. The van der Waals surface area contributed by atoms with Gasteiger partial charge in [0.25, 0.3) is 10.0 Å². The first-order valence-electron chi connectivity index (χ1n) is 10.0. The van der Waals surface area contributed by atoms with Crippen LogP contribution in [0.1, 0.15) is 25.8 Å². The molecule has 2 aromatic carbocycles. The Bertz CT molecular complexity index is 1020. The summed E-state index contributed by atoms with van der Waals surface area (Å²) in [5, 5.41) is 2.94. The minimum Gasteiger partial charge on any atom is -0.375 e. The molecule has 0 saturated heterocycles. The van der Waals surface area contributed by atoms with Crippen LogP contribution in [-0.4, -0.2) is 46.3 Å². The summed E-state index contributed by atoms with van der Waals surface area (Å²) in [6.45, 7) is 5.12. The van der Waals surface area contributed by atoms with Crippen LogP contribution in [0.5, 0.6) is 0 Å². The first kappa shape index (κ1) is 21.8. The van der Waals surface area contributed by atoms with Gasteiger partial charge in [0, 0.05) is 31.4 Å². The molecule has 1 amide bonds. The maximum atomic E-state index is 12.8. The molecule has 0 spiro atoms. The van der Waals surface area contributed by atoms with Crippen LogP contribution < -0.4 is 14.9 Å². The van der Waals surface area contributed by atoms with E-state index in [1.54, 1.807) is 18.2 Å². The van der Waals surface area contributed by atoms with Crippen molar-refractivity contribution in [1.29, 1.82) is 0 Å². The van der Waals surface area contributed by atoms with Gasteiger partial charge in [-0.3, -0.25) is 14.5 Å². The van der Waals surface area contributed by atoms with Gasteiger partial charge < -0.3 is 10.2 Å². The third-order valence-corrected chi connectivity index (χ3v) is 6.39. The number of para-hydroxylation sites is 1. The Balaban J connectivity index is 1.62. The lowest BCUT2D eigenvalue weighted by Gasteiger charge is -2.20. The van der Waals surface area contributed by atoms with Gasteiger partial charge in [-0.2, -0.15) is 0 Å². The van der Waals surface area contributed by atoms with E-state index in [1.807, 2.05) is 51.2 Å². The number of benzene rings is 2. The fourth-order valence-electron chi connectivity index (χ4n) is 3.32. The van der Waals surface area contributed by atoms with Gasteiger partial charge in [0.1, 0.15) is 11.9 Å². The van der Waals surface area contributed by atoms with E-state index in [9.17, 15) is 13.2 Å². The number of nitrogens with zero attached hydrogens (tertiary/aromatic N) is 2. The van der Waals surface area contributed by atoms with E-state index in [0.29, 0.717) is 12.1 Å². The summed E-state index contributed by atoms with van der Waals surface area (Å²) >= 11 is 0. The quantitative estimate of drug-likeness (QED) is 0.632. The number of hydrogen-bond acceptors (Lipinski definition) is 5. The summed E-state index contributed by atoms with van der Waals surface area (Å²) < 4.78 is 27.0. The molecule has 0 bridgehead atoms. The molecule has 0 saturated carbocycles. The lowest BCUT2D eigenvalue weighted by molar-refractivity contribution is -0.123. The van der Waals surface area contributed by atoms with Gasteiger partial charge in [0.2, 0.25) is 5.91 Å². The Morgan fingerprint density at radius 1 is 1.10 bits per heavy atom. The van der Waals surface area contributed by atoms with Crippen LogP contribution >= 0.6 is 0 Å². The summed E-state index contributed by atoms with van der Waals surface area (Å²) in [6, 6.07) is 16.0. The van der Waals surface area contributed by atoms with E-state index in [1.165, 1.54) is 6.07 Å². The van der Waals surface area contributed by atoms with Crippen molar-refractivity contribution in [3.05, 3.63) is 60.2 Å². The third kappa shape index (κ3) is 4.99. The molecule has 2 aromatic rings. The van der Waals surface area contributed by atoms with Crippen molar-refractivity contribution in [3.63, 3.8) is 0 Å². The first-order chi connectivity index (χ1) is 14.3. The van der Waals surface area contributed by atoms with Crippen LogP contribution in [0, 0.1) is 5.92 Å². The van der Waals surface area contributed by atoms with Gasteiger partial charge in [0.05, 0.1) is 4.90 Å². The van der Waals surface area contributed by atoms with E-state index >= 15 is 0 Å². The molecular formula is C22H28N4O3S. The molecule has 30 heavy (non-hydrogen) atoms. The molecule has 0 aromatic heterocycles.